The van der Waals surface area contributed by atoms with Crippen LogP contribution in [0, 0.1) is 0 Å². The van der Waals surface area contributed by atoms with Gasteiger partial charge in [-0.15, -0.1) is 0 Å². The molecule has 5 rings (SSSR count). The van der Waals surface area contributed by atoms with Gasteiger partial charge in [0, 0.05) is 0 Å². The van der Waals surface area contributed by atoms with Gasteiger partial charge in [0.2, 0.25) is 0 Å². The van der Waals surface area contributed by atoms with Crippen molar-refractivity contribution < 1.29 is 9.53 Å². The van der Waals surface area contributed by atoms with E-state index in [-0.39, 0.29) is 5.97 Å². The Kier molecular flexibility index (Phi) is 5.86. The Balaban J connectivity index is 2.01. The molecular weight excluding hydrogens is 423 g/mol. The Morgan fingerprint density at radius 3 is 1.79 bits per heavy atom. The Labute approximate surface area is 195 Å². The molecule has 4 aromatic carbocycles. The Morgan fingerprint density at radius 1 is 0.697 bits per heavy atom. The highest BCUT2D eigenvalue weighted by Crippen LogP contribution is 2.51. The molecule has 0 atom stereocenters. The van der Waals surface area contributed by atoms with Crippen molar-refractivity contribution in [2.75, 3.05) is 6.61 Å². The third-order valence-electron chi connectivity index (χ3n) is 6.05. The smallest absolute Gasteiger partial charge is 0.339 e. The predicted molar refractivity (Wildman–Crippen MR) is 140 cm³/mol. The van der Waals surface area contributed by atoms with Crippen molar-refractivity contribution in [3.8, 4) is 0 Å². The molecule has 0 fully saturated rings. The summed E-state index contributed by atoms with van der Waals surface area (Å²) < 4.78 is 5.69. The number of rotatable bonds is 5. The molecule has 4 aromatic rings. The number of carbonyl (C=O) groups excluding carboxylic acids is 1. The van der Waals surface area contributed by atoms with Crippen LogP contribution in [0.1, 0.15) is 18.1 Å². The third kappa shape index (κ3) is 3.57. The molecule has 0 saturated carbocycles. The van der Waals surface area contributed by atoms with Gasteiger partial charge in [-0.05, 0) is 52.5 Å². The highest BCUT2D eigenvalue weighted by molar-refractivity contribution is 7.97. The first-order valence-electron chi connectivity index (χ1n) is 11.2. The van der Waals surface area contributed by atoms with Gasteiger partial charge >= 0.3 is 5.97 Å². The van der Waals surface area contributed by atoms with Gasteiger partial charge in [-0.25, -0.2) is 4.79 Å². The van der Waals surface area contributed by atoms with Gasteiger partial charge in [0.1, 0.15) is 0 Å². The zero-order valence-electron chi connectivity index (χ0n) is 18.5. The molecule has 0 saturated heterocycles. The van der Waals surface area contributed by atoms with Crippen molar-refractivity contribution in [2.45, 2.75) is 6.92 Å². The van der Waals surface area contributed by atoms with Crippen molar-refractivity contribution in [1.82, 2.24) is 0 Å². The van der Waals surface area contributed by atoms with Gasteiger partial charge in [-0.1, -0.05) is 115 Å². The van der Waals surface area contributed by atoms with E-state index in [1.807, 2.05) is 37.3 Å². The second-order valence-corrected chi connectivity index (χ2v) is 11.2. The molecule has 162 valence electrons. The van der Waals surface area contributed by atoms with E-state index in [9.17, 15) is 4.79 Å². The van der Waals surface area contributed by atoms with Gasteiger partial charge in [0.05, 0.1) is 11.9 Å². The largest absolute Gasteiger partial charge is 0.462 e. The third-order valence-corrected chi connectivity index (χ3v) is 10.3. The summed E-state index contributed by atoms with van der Waals surface area (Å²) in [4.78, 5) is 13.7. The molecule has 0 bridgehead atoms. The van der Waals surface area contributed by atoms with Crippen LogP contribution >= 0.6 is 6.89 Å². The molecule has 1 aliphatic rings. The molecule has 0 aliphatic carbocycles. The van der Waals surface area contributed by atoms with Crippen molar-refractivity contribution >= 4 is 39.6 Å². The average molecular weight is 449 g/mol. The van der Waals surface area contributed by atoms with E-state index in [2.05, 4.69) is 91.0 Å². The van der Waals surface area contributed by atoms with Crippen LogP contribution in [-0.4, -0.2) is 17.9 Å². The van der Waals surface area contributed by atoms with Crippen LogP contribution in [0.5, 0.6) is 0 Å². The van der Waals surface area contributed by atoms with E-state index in [1.54, 1.807) is 0 Å². The van der Waals surface area contributed by atoms with Crippen LogP contribution in [0.4, 0.5) is 0 Å². The van der Waals surface area contributed by atoms with E-state index >= 15 is 0 Å². The first kappa shape index (κ1) is 21.2. The lowest BCUT2D eigenvalue weighted by molar-refractivity contribution is -0.134. The summed E-state index contributed by atoms with van der Waals surface area (Å²) in [6.07, 6.45) is 2.09. The maximum atomic E-state index is 13.7. The summed E-state index contributed by atoms with van der Waals surface area (Å²) in [7, 11) is 0. The zero-order chi connectivity index (χ0) is 22.7. The van der Waals surface area contributed by atoms with Gasteiger partial charge in [0.25, 0.3) is 0 Å². The Morgan fingerprint density at radius 2 is 1.21 bits per heavy atom. The maximum absolute atomic E-state index is 13.7. The maximum Gasteiger partial charge on any atom is 0.339 e. The summed E-state index contributed by atoms with van der Waals surface area (Å²) in [5, 5.41) is 4.22. The lowest BCUT2D eigenvalue weighted by Crippen LogP contribution is -2.37. The molecule has 1 heterocycles. The number of hydrogen-bond acceptors (Lipinski definition) is 2. The number of esters is 1. The second kappa shape index (κ2) is 9.10. The molecule has 2 nitrogen and oxygen atoms in total. The molecule has 3 heteroatoms. The summed E-state index contributed by atoms with van der Waals surface area (Å²) in [6, 6.07) is 39.7. The van der Waals surface area contributed by atoms with Crippen molar-refractivity contribution in [3.63, 3.8) is 0 Å². The first-order chi connectivity index (χ1) is 16.3. The number of benzene rings is 4. The van der Waals surface area contributed by atoms with E-state index in [0.29, 0.717) is 6.61 Å². The molecule has 33 heavy (non-hydrogen) atoms. The van der Waals surface area contributed by atoms with E-state index in [4.69, 9.17) is 4.74 Å². The molecule has 0 N–H and O–H groups in total. The van der Waals surface area contributed by atoms with Crippen LogP contribution in [-0.2, 0) is 9.53 Å². The van der Waals surface area contributed by atoms with Crippen LogP contribution < -0.4 is 15.9 Å². The van der Waals surface area contributed by atoms with E-state index in [1.165, 1.54) is 5.30 Å². The van der Waals surface area contributed by atoms with Gasteiger partial charge in [0.15, 0.2) is 0 Å². The van der Waals surface area contributed by atoms with Crippen LogP contribution in [0.2, 0.25) is 0 Å². The summed E-state index contributed by atoms with van der Waals surface area (Å²) >= 11 is 0. The summed E-state index contributed by atoms with van der Waals surface area (Å²) in [5.41, 5.74) is 3.31. The van der Waals surface area contributed by atoms with Crippen molar-refractivity contribution in [1.29, 1.82) is 0 Å². The predicted octanol–water partition coefficient (Wildman–Crippen LogP) is 5.16. The van der Waals surface area contributed by atoms with E-state index in [0.717, 1.165) is 32.6 Å². The summed E-state index contributed by atoms with van der Waals surface area (Å²) in [5.74, 6) is -0.249. The monoisotopic (exact) mass is 448 g/mol. The SMILES string of the molecule is CCOC(=O)C1=P(c2ccccc2)(c2ccccc2)c2ccccc2C(c2ccccc2)=C1. The normalized spacial score (nSPS) is 14.2. The number of hydrogen-bond donors (Lipinski definition) is 0. The minimum Gasteiger partial charge on any atom is -0.462 e. The standard InChI is InChI=1S/C30H25O2P/c1-2-32-30(31)29-22-27(23-14-6-3-7-15-23)26-20-12-13-21-28(26)33(29,24-16-8-4-9-17-24)25-18-10-5-11-19-25/h3-22H,2H2,1H3. The Hall–Kier alpha value is -3.61. The number of ether oxygens (including phenoxy) is 1. The zero-order valence-corrected chi connectivity index (χ0v) is 19.4. The van der Waals surface area contributed by atoms with E-state index < -0.39 is 6.89 Å². The fourth-order valence-electron chi connectivity index (χ4n) is 4.70. The first-order valence-corrected chi connectivity index (χ1v) is 13.0. The molecule has 0 amide bonds. The molecular formula is C30H25O2P. The highest BCUT2D eigenvalue weighted by Gasteiger charge is 2.37. The minimum absolute atomic E-state index is 0.249. The molecule has 1 aliphatic heterocycles. The quantitative estimate of drug-likeness (QED) is 0.311. The molecule has 0 radical (unpaired) electrons. The van der Waals surface area contributed by atoms with Crippen LogP contribution in [0.15, 0.2) is 121 Å². The number of fused-ring (bicyclic) bond motifs is 1. The fraction of sp³-hybridized carbons (Fsp3) is 0.0667. The molecule has 0 spiro atoms. The lowest BCUT2D eigenvalue weighted by atomic mass is 9.96. The van der Waals surface area contributed by atoms with Gasteiger partial charge in [-0.2, -0.15) is 0 Å². The van der Waals surface area contributed by atoms with Gasteiger partial charge < -0.3 is 4.74 Å². The van der Waals surface area contributed by atoms with Gasteiger partial charge in [-0.3, -0.25) is 0 Å². The van der Waals surface area contributed by atoms with Crippen molar-refractivity contribution in [2.24, 2.45) is 0 Å². The minimum atomic E-state index is -2.47. The van der Waals surface area contributed by atoms with Crippen LogP contribution in [0.3, 0.4) is 0 Å². The fourth-order valence-corrected chi connectivity index (χ4v) is 9.14. The number of carbonyl (C=O) groups is 1. The molecule has 0 unspecified atom stereocenters. The van der Waals surface area contributed by atoms with Crippen LogP contribution in [0.25, 0.3) is 5.57 Å². The Bertz CT molecular complexity index is 1330. The molecule has 0 aromatic heterocycles. The second-order valence-electron chi connectivity index (χ2n) is 7.89. The highest BCUT2D eigenvalue weighted by atomic mass is 31.2. The van der Waals surface area contributed by atoms with Crippen molar-refractivity contribution in [3.05, 3.63) is 132 Å². The topological polar surface area (TPSA) is 26.3 Å². The lowest BCUT2D eigenvalue weighted by Gasteiger charge is -2.36. The summed E-state index contributed by atoms with van der Waals surface area (Å²) in [6.45, 7) is -0.274. The average Bonchev–Trinajstić information content (AvgIpc) is 2.89.